The minimum absolute atomic E-state index is 0.223. The molecule has 1 heterocycles. The molecule has 6 nitrogen and oxygen atoms in total. The molecule has 134 valence electrons. The van der Waals surface area contributed by atoms with Crippen molar-refractivity contribution in [2.75, 3.05) is 0 Å². The van der Waals surface area contributed by atoms with Gasteiger partial charge in [-0.25, -0.2) is 0 Å². The highest BCUT2D eigenvalue weighted by atomic mass is 19.4. The van der Waals surface area contributed by atoms with Gasteiger partial charge in [0, 0.05) is 12.5 Å². The molecule has 1 N–H and O–H groups in total. The van der Waals surface area contributed by atoms with Crippen LogP contribution in [-0.4, -0.2) is 22.4 Å². The molecule has 1 aliphatic rings. The van der Waals surface area contributed by atoms with Gasteiger partial charge in [-0.2, -0.15) is 4.98 Å². The largest absolute Gasteiger partial charge is 0.573 e. The van der Waals surface area contributed by atoms with Crippen LogP contribution in [0.4, 0.5) is 13.2 Å². The van der Waals surface area contributed by atoms with E-state index in [-0.39, 0.29) is 11.3 Å². The number of carbonyl (C=O) groups excluding carboxylic acids is 1. The van der Waals surface area contributed by atoms with Gasteiger partial charge in [0.1, 0.15) is 11.3 Å². The van der Waals surface area contributed by atoms with Crippen molar-refractivity contribution in [1.29, 1.82) is 0 Å². The third-order valence-corrected chi connectivity index (χ3v) is 4.12. The minimum atomic E-state index is -4.77. The van der Waals surface area contributed by atoms with Crippen LogP contribution in [0.2, 0.25) is 0 Å². The molecule has 0 saturated heterocycles. The number of carbonyl (C=O) groups is 1. The maximum absolute atomic E-state index is 12.5. The third-order valence-electron chi connectivity index (χ3n) is 4.12. The Morgan fingerprint density at radius 3 is 2.40 bits per heavy atom. The monoisotopic (exact) mass is 355 g/mol. The number of amides is 1. The van der Waals surface area contributed by atoms with E-state index in [1.807, 2.05) is 0 Å². The van der Waals surface area contributed by atoms with Gasteiger partial charge in [-0.3, -0.25) is 4.79 Å². The molecule has 0 aliphatic heterocycles. The summed E-state index contributed by atoms with van der Waals surface area (Å²) in [6.45, 7) is 1.67. The second-order valence-corrected chi connectivity index (χ2v) is 5.95. The van der Waals surface area contributed by atoms with Crippen molar-refractivity contribution in [3.8, 4) is 5.75 Å². The SMILES string of the molecule is Cc1nc(C2(NC(=O)c3ccc(OC(F)(F)F)cc3)CCCC2)no1. The molecule has 1 fully saturated rings. The lowest BCUT2D eigenvalue weighted by Crippen LogP contribution is -2.44. The number of hydrogen-bond donors (Lipinski definition) is 1. The molecule has 0 bridgehead atoms. The quantitative estimate of drug-likeness (QED) is 0.909. The smallest absolute Gasteiger partial charge is 0.406 e. The van der Waals surface area contributed by atoms with Crippen LogP contribution in [-0.2, 0) is 5.54 Å². The number of alkyl halides is 3. The van der Waals surface area contributed by atoms with Gasteiger partial charge in [-0.15, -0.1) is 13.2 Å². The summed E-state index contributed by atoms with van der Waals surface area (Å²) in [5.41, 5.74) is -0.489. The number of ether oxygens (including phenoxy) is 1. The first-order valence-electron chi connectivity index (χ1n) is 7.77. The molecule has 0 unspecified atom stereocenters. The number of nitrogens with zero attached hydrogens (tertiary/aromatic N) is 2. The summed E-state index contributed by atoms with van der Waals surface area (Å²) in [5, 5.41) is 6.84. The number of benzene rings is 1. The lowest BCUT2D eigenvalue weighted by Gasteiger charge is -2.26. The lowest BCUT2D eigenvalue weighted by atomic mass is 9.96. The Morgan fingerprint density at radius 2 is 1.88 bits per heavy atom. The van der Waals surface area contributed by atoms with Crippen molar-refractivity contribution in [1.82, 2.24) is 15.5 Å². The molecule has 1 aliphatic carbocycles. The summed E-state index contributed by atoms with van der Waals surface area (Å²) < 4.78 is 45.4. The second kappa shape index (κ2) is 6.38. The first-order chi connectivity index (χ1) is 11.8. The van der Waals surface area contributed by atoms with Crippen LogP contribution in [0.3, 0.4) is 0 Å². The van der Waals surface area contributed by atoms with Gasteiger partial charge >= 0.3 is 6.36 Å². The zero-order valence-electron chi connectivity index (χ0n) is 13.4. The van der Waals surface area contributed by atoms with Crippen molar-refractivity contribution >= 4 is 5.91 Å². The average Bonchev–Trinajstić information content (AvgIpc) is 3.16. The van der Waals surface area contributed by atoms with Crippen LogP contribution in [0.5, 0.6) is 5.75 Å². The molecule has 1 saturated carbocycles. The minimum Gasteiger partial charge on any atom is -0.406 e. The molecule has 1 aromatic carbocycles. The van der Waals surface area contributed by atoms with Gasteiger partial charge in [0.25, 0.3) is 5.91 Å². The summed E-state index contributed by atoms with van der Waals surface area (Å²) in [5.74, 6) is 0.0355. The topological polar surface area (TPSA) is 77.2 Å². The number of rotatable bonds is 4. The van der Waals surface area contributed by atoms with E-state index >= 15 is 0 Å². The van der Waals surface area contributed by atoms with Gasteiger partial charge in [0.2, 0.25) is 5.89 Å². The number of hydrogen-bond acceptors (Lipinski definition) is 5. The Balaban J connectivity index is 1.76. The zero-order chi connectivity index (χ0) is 18.1. The van der Waals surface area contributed by atoms with Crippen LogP contribution >= 0.6 is 0 Å². The fourth-order valence-corrected chi connectivity index (χ4v) is 2.97. The summed E-state index contributed by atoms with van der Waals surface area (Å²) in [6.07, 6.45) is -1.60. The van der Waals surface area contributed by atoms with E-state index in [0.717, 1.165) is 25.0 Å². The van der Waals surface area contributed by atoms with Crippen LogP contribution in [0, 0.1) is 6.92 Å². The summed E-state index contributed by atoms with van der Waals surface area (Å²) >= 11 is 0. The Morgan fingerprint density at radius 1 is 1.24 bits per heavy atom. The van der Waals surface area contributed by atoms with E-state index in [0.29, 0.717) is 24.6 Å². The van der Waals surface area contributed by atoms with Crippen molar-refractivity contribution in [3.05, 3.63) is 41.5 Å². The van der Waals surface area contributed by atoms with Gasteiger partial charge in [-0.1, -0.05) is 18.0 Å². The fraction of sp³-hybridized carbons (Fsp3) is 0.438. The van der Waals surface area contributed by atoms with Crippen molar-refractivity contribution in [2.45, 2.75) is 44.5 Å². The van der Waals surface area contributed by atoms with Crippen LogP contribution < -0.4 is 10.1 Å². The van der Waals surface area contributed by atoms with E-state index in [4.69, 9.17) is 4.52 Å². The molecular formula is C16H16F3N3O3. The average molecular weight is 355 g/mol. The van der Waals surface area contributed by atoms with Gasteiger partial charge in [-0.05, 0) is 37.1 Å². The Labute approximate surface area is 141 Å². The third kappa shape index (κ3) is 3.92. The van der Waals surface area contributed by atoms with Crippen LogP contribution in [0.1, 0.15) is 47.8 Å². The highest BCUT2D eigenvalue weighted by Gasteiger charge is 2.41. The molecule has 0 atom stereocenters. The maximum Gasteiger partial charge on any atom is 0.573 e. The van der Waals surface area contributed by atoms with E-state index in [2.05, 4.69) is 20.2 Å². The van der Waals surface area contributed by atoms with Crippen molar-refractivity contribution in [2.24, 2.45) is 0 Å². The molecule has 3 rings (SSSR count). The summed E-state index contributed by atoms with van der Waals surface area (Å²) in [4.78, 5) is 16.8. The molecule has 0 radical (unpaired) electrons. The van der Waals surface area contributed by atoms with Gasteiger partial charge in [0.05, 0.1) is 0 Å². The molecule has 1 aromatic heterocycles. The highest BCUT2D eigenvalue weighted by Crippen LogP contribution is 2.37. The van der Waals surface area contributed by atoms with E-state index < -0.39 is 17.8 Å². The van der Waals surface area contributed by atoms with Gasteiger partial charge < -0.3 is 14.6 Å². The van der Waals surface area contributed by atoms with Crippen LogP contribution in [0.15, 0.2) is 28.8 Å². The van der Waals surface area contributed by atoms with Crippen molar-refractivity contribution in [3.63, 3.8) is 0 Å². The standard InChI is InChI=1S/C16H16F3N3O3/c1-10-20-14(22-25-10)15(8-2-3-9-15)21-13(23)11-4-6-12(7-5-11)24-16(17,18)19/h4-7H,2-3,8-9H2,1H3,(H,21,23). The normalized spacial score (nSPS) is 16.6. The molecule has 2 aromatic rings. The van der Waals surface area contributed by atoms with E-state index in [1.54, 1.807) is 6.92 Å². The Kier molecular flexibility index (Phi) is 4.40. The number of aryl methyl sites for hydroxylation is 1. The van der Waals surface area contributed by atoms with Crippen LogP contribution in [0.25, 0.3) is 0 Å². The first-order valence-corrected chi connectivity index (χ1v) is 7.77. The predicted octanol–water partition coefficient (Wildman–Crippen LogP) is 3.48. The predicted molar refractivity (Wildman–Crippen MR) is 79.8 cm³/mol. The summed E-state index contributed by atoms with van der Waals surface area (Å²) in [7, 11) is 0. The molecular weight excluding hydrogens is 339 g/mol. The zero-order valence-corrected chi connectivity index (χ0v) is 13.4. The number of aromatic nitrogens is 2. The van der Waals surface area contributed by atoms with Gasteiger partial charge in [0.15, 0.2) is 5.82 Å². The molecule has 9 heteroatoms. The van der Waals surface area contributed by atoms with E-state index in [9.17, 15) is 18.0 Å². The van der Waals surface area contributed by atoms with Crippen molar-refractivity contribution < 1.29 is 27.2 Å². The molecule has 1 amide bonds. The molecule has 0 spiro atoms. The molecule has 25 heavy (non-hydrogen) atoms. The number of nitrogens with one attached hydrogen (secondary N) is 1. The maximum atomic E-state index is 12.5. The Bertz CT molecular complexity index is 750. The van der Waals surface area contributed by atoms with E-state index in [1.165, 1.54) is 12.1 Å². The second-order valence-electron chi connectivity index (χ2n) is 5.95. The lowest BCUT2D eigenvalue weighted by molar-refractivity contribution is -0.274. The fourth-order valence-electron chi connectivity index (χ4n) is 2.97. The first kappa shape index (κ1) is 17.2. The highest BCUT2D eigenvalue weighted by molar-refractivity contribution is 5.94. The number of halogens is 3. The Hall–Kier alpha value is -2.58. The summed E-state index contributed by atoms with van der Waals surface area (Å²) in [6, 6.07) is 4.76.